The van der Waals surface area contributed by atoms with E-state index in [2.05, 4.69) is 5.09 Å². The normalized spacial score (nSPS) is 18.6. The van der Waals surface area contributed by atoms with Crippen molar-refractivity contribution in [3.05, 3.63) is 0 Å². The van der Waals surface area contributed by atoms with Gasteiger partial charge in [0, 0.05) is 0 Å². The van der Waals surface area contributed by atoms with E-state index in [1.807, 2.05) is 0 Å². The number of nitrogens with two attached hydrogens (primary N) is 1. The van der Waals surface area contributed by atoms with Crippen LogP contribution in [0.2, 0.25) is 0 Å². The Balaban J connectivity index is 3.93. The predicted molar refractivity (Wildman–Crippen MR) is 34.5 cm³/mol. The molecule has 0 aromatic rings. The van der Waals surface area contributed by atoms with Gasteiger partial charge in [-0.2, -0.15) is 0 Å². The summed E-state index contributed by atoms with van der Waals surface area (Å²) in [5.74, 6) is 0. The van der Waals surface area contributed by atoms with Crippen LogP contribution in [0.5, 0.6) is 0 Å². The van der Waals surface area contributed by atoms with Gasteiger partial charge in [-0.3, -0.25) is 10.1 Å². The Kier molecular flexibility index (Phi) is 2.63. The average Bonchev–Trinajstić information content (AvgIpc) is 1.67. The molecule has 0 aromatic heterocycles. The molecule has 0 fully saturated rings. The Morgan fingerprint density at radius 3 is 2.00 bits per heavy atom. The molecule has 0 saturated heterocycles. The van der Waals surface area contributed by atoms with Crippen LogP contribution >= 0.6 is 7.59 Å². The molecule has 0 heterocycles. The summed E-state index contributed by atoms with van der Waals surface area (Å²) < 4.78 is 12.3. The summed E-state index contributed by atoms with van der Waals surface area (Å²) in [4.78, 5) is 0. The monoisotopic (exact) mass is 137 g/mol. The van der Waals surface area contributed by atoms with E-state index >= 15 is 0 Å². The molecule has 5 heteroatoms. The molecule has 0 aliphatic carbocycles. The first-order valence-corrected chi connectivity index (χ1v) is 3.99. The summed E-state index contributed by atoms with van der Waals surface area (Å²) in [5.41, 5.74) is 5.23. The minimum absolute atomic E-state index is 1.47. The zero-order valence-corrected chi connectivity index (χ0v) is 6.27. The summed E-state index contributed by atoms with van der Waals surface area (Å²) in [7, 11) is 2.24. The summed E-state index contributed by atoms with van der Waals surface area (Å²) >= 11 is 0. The molecule has 3 N–H and O–H groups in total. The first kappa shape index (κ1) is 8.11. The van der Waals surface area contributed by atoms with E-state index in [1.54, 1.807) is 21.1 Å². The topological polar surface area (TPSA) is 58.4 Å². The maximum absolute atomic E-state index is 10.9. The highest BCUT2D eigenvalue weighted by Crippen LogP contribution is 2.30. The van der Waals surface area contributed by atoms with Gasteiger partial charge in [-0.1, -0.05) is 0 Å². The van der Waals surface area contributed by atoms with E-state index in [9.17, 15) is 4.57 Å². The molecule has 0 aliphatic heterocycles. The van der Waals surface area contributed by atoms with Gasteiger partial charge in [0.15, 0.2) is 0 Å². The second-order valence-electron chi connectivity index (χ2n) is 1.69. The molecule has 8 heavy (non-hydrogen) atoms. The van der Waals surface area contributed by atoms with Gasteiger partial charge in [-0.15, -0.1) is 0 Å². The fourth-order valence-electron chi connectivity index (χ4n) is 0.200. The van der Waals surface area contributed by atoms with E-state index < -0.39 is 7.59 Å². The van der Waals surface area contributed by atoms with Gasteiger partial charge < -0.3 is 0 Å². The first-order valence-electron chi connectivity index (χ1n) is 2.26. The lowest BCUT2D eigenvalue weighted by atomic mass is 11.3. The van der Waals surface area contributed by atoms with Crippen LogP contribution in [0.15, 0.2) is 0 Å². The molecular formula is C3H12N3OP. The van der Waals surface area contributed by atoms with Crippen LogP contribution in [-0.2, 0) is 4.57 Å². The van der Waals surface area contributed by atoms with Gasteiger partial charge in [0.2, 0.25) is 0 Å². The molecule has 0 saturated carbocycles. The molecule has 50 valence electrons. The van der Waals surface area contributed by atoms with Crippen molar-refractivity contribution >= 4 is 7.59 Å². The number of rotatable bonds is 2. The minimum Gasteiger partial charge on any atom is -0.271 e. The van der Waals surface area contributed by atoms with Crippen LogP contribution in [0.25, 0.3) is 0 Å². The first-order chi connectivity index (χ1) is 3.50. The summed E-state index contributed by atoms with van der Waals surface area (Å²) in [6.45, 7) is 0. The molecule has 0 bridgehead atoms. The average molecular weight is 137 g/mol. The number of hydrogen-bond acceptors (Lipinski definition) is 1. The lowest BCUT2D eigenvalue weighted by Crippen LogP contribution is -2.23. The Hall–Kier alpha value is 0.110. The van der Waals surface area contributed by atoms with Crippen LogP contribution in [0.1, 0.15) is 0 Å². The van der Waals surface area contributed by atoms with Crippen molar-refractivity contribution in [3.8, 4) is 0 Å². The number of nitrogens with one attached hydrogen (secondary N) is 1. The second kappa shape index (κ2) is 2.60. The lowest BCUT2D eigenvalue weighted by Gasteiger charge is -2.17. The smallest absolute Gasteiger partial charge is 0.271 e. The third kappa shape index (κ3) is 1.92. The number of hydrogen-bond donors (Lipinski definition) is 2. The molecular weight excluding hydrogens is 125 g/mol. The van der Waals surface area contributed by atoms with Crippen LogP contribution in [0.4, 0.5) is 0 Å². The molecule has 0 amide bonds. The highest BCUT2D eigenvalue weighted by molar-refractivity contribution is 7.56. The molecule has 1 atom stereocenters. The molecule has 0 aromatic carbocycles. The molecule has 0 rings (SSSR count). The standard InChI is InChI=1S/C3H12N3OP/c1-5-8(4,7)6(2)3/h1-3H3,(H3,4,5,7). The molecule has 0 spiro atoms. The van der Waals surface area contributed by atoms with Crippen molar-refractivity contribution < 1.29 is 4.57 Å². The van der Waals surface area contributed by atoms with Crippen LogP contribution in [-0.4, -0.2) is 25.8 Å². The van der Waals surface area contributed by atoms with Gasteiger partial charge in [-0.05, 0) is 21.1 Å². The van der Waals surface area contributed by atoms with Gasteiger partial charge in [0.1, 0.15) is 0 Å². The van der Waals surface area contributed by atoms with Crippen molar-refractivity contribution in [2.24, 2.45) is 5.50 Å². The SMILES string of the molecule is CNP(N)(=O)N(C)C. The van der Waals surface area contributed by atoms with Gasteiger partial charge >= 0.3 is 0 Å². The van der Waals surface area contributed by atoms with Gasteiger partial charge in [-0.25, -0.2) is 9.76 Å². The van der Waals surface area contributed by atoms with E-state index in [-0.39, 0.29) is 0 Å². The Morgan fingerprint density at radius 1 is 1.62 bits per heavy atom. The fraction of sp³-hybridized carbons (Fsp3) is 1.00. The third-order valence-corrected chi connectivity index (χ3v) is 2.74. The predicted octanol–water partition coefficient (Wildman–Crippen LogP) is -0.166. The zero-order chi connectivity index (χ0) is 6.78. The van der Waals surface area contributed by atoms with Crippen molar-refractivity contribution in [1.29, 1.82) is 0 Å². The lowest BCUT2D eigenvalue weighted by molar-refractivity contribution is 0.507. The van der Waals surface area contributed by atoms with Crippen molar-refractivity contribution in [3.63, 3.8) is 0 Å². The maximum Gasteiger partial charge on any atom is 0.278 e. The largest absolute Gasteiger partial charge is 0.278 e. The van der Waals surface area contributed by atoms with Gasteiger partial charge in [0.25, 0.3) is 7.59 Å². The van der Waals surface area contributed by atoms with E-state index in [4.69, 9.17) is 5.50 Å². The molecule has 0 radical (unpaired) electrons. The number of nitrogens with zero attached hydrogens (tertiary/aromatic N) is 1. The zero-order valence-electron chi connectivity index (χ0n) is 5.38. The summed E-state index contributed by atoms with van der Waals surface area (Å²) in [6, 6.07) is 0. The van der Waals surface area contributed by atoms with E-state index in [0.29, 0.717) is 0 Å². The van der Waals surface area contributed by atoms with Crippen molar-refractivity contribution in [1.82, 2.24) is 9.76 Å². The quantitative estimate of drug-likeness (QED) is 0.519. The second-order valence-corrected chi connectivity index (χ2v) is 4.19. The van der Waals surface area contributed by atoms with Crippen LogP contribution < -0.4 is 10.6 Å². The van der Waals surface area contributed by atoms with E-state index in [0.717, 1.165) is 0 Å². The van der Waals surface area contributed by atoms with Crippen LogP contribution in [0, 0.1) is 0 Å². The molecule has 4 nitrogen and oxygen atoms in total. The van der Waals surface area contributed by atoms with Crippen molar-refractivity contribution in [2.75, 3.05) is 21.1 Å². The highest BCUT2D eigenvalue weighted by Gasteiger charge is 2.13. The maximum atomic E-state index is 10.9. The highest BCUT2D eigenvalue weighted by atomic mass is 31.2. The Bertz CT molecular complexity index is 113. The summed E-state index contributed by atoms with van der Waals surface area (Å²) in [6.07, 6.45) is 0. The van der Waals surface area contributed by atoms with Crippen LogP contribution in [0.3, 0.4) is 0 Å². The third-order valence-electron chi connectivity index (χ3n) is 0.915. The Labute approximate surface area is 49.6 Å². The minimum atomic E-state index is -2.66. The molecule has 1 unspecified atom stereocenters. The van der Waals surface area contributed by atoms with E-state index in [1.165, 1.54) is 4.67 Å². The molecule has 0 aliphatic rings. The fourth-order valence-corrected chi connectivity index (χ4v) is 0.600. The summed E-state index contributed by atoms with van der Waals surface area (Å²) in [5, 5.41) is 2.50. The Morgan fingerprint density at radius 2 is 2.00 bits per heavy atom. The van der Waals surface area contributed by atoms with Crippen molar-refractivity contribution in [2.45, 2.75) is 0 Å². The van der Waals surface area contributed by atoms with Gasteiger partial charge in [0.05, 0.1) is 0 Å².